The van der Waals surface area contributed by atoms with Crippen LogP contribution in [0.5, 0.6) is 0 Å². The number of aromatic nitrogens is 1. The number of H-pyrrole nitrogens is 1. The summed E-state index contributed by atoms with van der Waals surface area (Å²) >= 11 is 0. The quantitative estimate of drug-likeness (QED) is 0.760. The van der Waals surface area contributed by atoms with Gasteiger partial charge in [-0.05, 0) is 69.6 Å². The lowest BCUT2D eigenvalue weighted by Gasteiger charge is -2.22. The van der Waals surface area contributed by atoms with Gasteiger partial charge in [0, 0.05) is 42.8 Å². The van der Waals surface area contributed by atoms with Gasteiger partial charge < -0.3 is 20.1 Å². The first-order valence-electron chi connectivity index (χ1n) is 10.2. The molecule has 158 valence electrons. The van der Waals surface area contributed by atoms with Gasteiger partial charge in [0.15, 0.2) is 0 Å². The van der Waals surface area contributed by atoms with Crippen molar-refractivity contribution in [3.8, 4) is 0 Å². The van der Waals surface area contributed by atoms with E-state index in [2.05, 4.69) is 10.3 Å². The minimum absolute atomic E-state index is 0.0135. The summed E-state index contributed by atoms with van der Waals surface area (Å²) in [6, 6.07) is 4.34. The highest BCUT2D eigenvalue weighted by atomic mass is 19.1. The fourth-order valence-electron chi connectivity index (χ4n) is 4.37. The summed E-state index contributed by atoms with van der Waals surface area (Å²) in [4.78, 5) is 33.1. The summed E-state index contributed by atoms with van der Waals surface area (Å²) in [6.45, 7) is 3.32. The van der Waals surface area contributed by atoms with E-state index in [4.69, 9.17) is 0 Å². The Morgan fingerprint density at radius 3 is 2.67 bits per heavy atom. The number of carbonyl (C=O) groups is 2. The molecule has 2 aliphatic rings. The van der Waals surface area contributed by atoms with Crippen LogP contribution in [-0.2, 0) is 11.2 Å². The molecule has 1 aliphatic heterocycles. The number of nitrogens with one attached hydrogen (secondary N) is 2. The second-order valence-corrected chi connectivity index (χ2v) is 8.36. The third kappa shape index (κ3) is 3.43. The van der Waals surface area contributed by atoms with E-state index in [1.54, 1.807) is 11.0 Å². The third-order valence-corrected chi connectivity index (χ3v) is 5.92. The first-order chi connectivity index (χ1) is 14.3. The van der Waals surface area contributed by atoms with Crippen LogP contribution >= 0.6 is 0 Å². The van der Waals surface area contributed by atoms with Crippen LogP contribution in [-0.4, -0.2) is 60.8 Å². The number of benzene rings is 1. The molecule has 2 heterocycles. The molecule has 0 spiro atoms. The first kappa shape index (κ1) is 20.3. The zero-order chi connectivity index (χ0) is 21.6. The zero-order valence-corrected chi connectivity index (χ0v) is 17.9. The van der Waals surface area contributed by atoms with Crippen LogP contribution in [0.4, 0.5) is 10.1 Å². The predicted octanol–water partition coefficient (Wildman–Crippen LogP) is 3.30. The number of hydrogen-bond acceptors (Lipinski definition) is 3. The van der Waals surface area contributed by atoms with Crippen molar-refractivity contribution in [1.82, 2.24) is 14.8 Å². The van der Waals surface area contributed by atoms with E-state index in [-0.39, 0.29) is 17.6 Å². The van der Waals surface area contributed by atoms with Crippen molar-refractivity contribution in [2.75, 3.05) is 39.5 Å². The maximum Gasteiger partial charge on any atom is 0.256 e. The fraction of sp³-hybridized carbons (Fsp3) is 0.391. The lowest BCUT2D eigenvalue weighted by Crippen LogP contribution is -2.34. The molecule has 4 rings (SSSR count). The van der Waals surface area contributed by atoms with Crippen LogP contribution in [0, 0.1) is 12.7 Å². The Hall–Kier alpha value is -2.93. The number of aromatic amines is 1. The van der Waals surface area contributed by atoms with Crippen molar-refractivity contribution in [3.63, 3.8) is 0 Å². The number of nitrogens with zero attached hydrogens (tertiary/aromatic N) is 2. The third-order valence-electron chi connectivity index (χ3n) is 5.92. The van der Waals surface area contributed by atoms with Crippen LogP contribution in [0.3, 0.4) is 0 Å². The van der Waals surface area contributed by atoms with Gasteiger partial charge in [0.2, 0.25) is 0 Å². The van der Waals surface area contributed by atoms with Crippen molar-refractivity contribution < 1.29 is 14.0 Å². The molecule has 0 atom stereocenters. The topological polar surface area (TPSA) is 68.4 Å². The number of allylic oxidation sites excluding steroid dienone is 1. The van der Waals surface area contributed by atoms with E-state index in [9.17, 15) is 14.0 Å². The lowest BCUT2D eigenvalue weighted by molar-refractivity contribution is -0.110. The van der Waals surface area contributed by atoms with Gasteiger partial charge in [0.1, 0.15) is 5.82 Å². The number of amides is 2. The summed E-state index contributed by atoms with van der Waals surface area (Å²) in [5.74, 6) is -0.609. The minimum Gasteiger partial charge on any atom is -0.358 e. The molecule has 1 aliphatic carbocycles. The molecule has 2 N–H and O–H groups in total. The van der Waals surface area contributed by atoms with E-state index in [0.717, 1.165) is 41.9 Å². The average molecular weight is 410 g/mol. The number of rotatable bonds is 4. The lowest BCUT2D eigenvalue weighted by atomic mass is 9.86. The van der Waals surface area contributed by atoms with Gasteiger partial charge in [-0.1, -0.05) is 0 Å². The van der Waals surface area contributed by atoms with Crippen molar-refractivity contribution in [2.45, 2.75) is 26.2 Å². The maximum absolute atomic E-state index is 13.9. The van der Waals surface area contributed by atoms with Crippen LogP contribution in [0.2, 0.25) is 0 Å². The predicted molar refractivity (Wildman–Crippen MR) is 116 cm³/mol. The van der Waals surface area contributed by atoms with Gasteiger partial charge in [-0.2, -0.15) is 0 Å². The molecule has 0 radical (unpaired) electrons. The minimum atomic E-state index is -0.375. The van der Waals surface area contributed by atoms with Crippen LogP contribution < -0.4 is 5.32 Å². The van der Waals surface area contributed by atoms with Gasteiger partial charge in [-0.25, -0.2) is 4.39 Å². The number of fused-ring (bicyclic) bond motifs is 2. The highest BCUT2D eigenvalue weighted by Crippen LogP contribution is 2.43. The molecular weight excluding hydrogens is 383 g/mol. The maximum atomic E-state index is 13.9. The molecule has 2 aromatic rings. The van der Waals surface area contributed by atoms with Crippen LogP contribution in [0.15, 0.2) is 18.2 Å². The van der Waals surface area contributed by atoms with Crippen molar-refractivity contribution >= 4 is 28.6 Å². The van der Waals surface area contributed by atoms with Gasteiger partial charge >= 0.3 is 0 Å². The number of hydrogen-bond donors (Lipinski definition) is 2. The average Bonchev–Trinajstić information content (AvgIpc) is 3.20. The molecule has 0 unspecified atom stereocenters. The monoisotopic (exact) mass is 410 g/mol. The second kappa shape index (κ2) is 7.72. The number of carbonyl (C=O) groups excluding carboxylic acids is 2. The van der Waals surface area contributed by atoms with E-state index in [0.29, 0.717) is 35.4 Å². The van der Waals surface area contributed by atoms with Gasteiger partial charge in [-0.15, -0.1) is 0 Å². The Bertz CT molecular complexity index is 1070. The molecule has 0 fully saturated rings. The van der Waals surface area contributed by atoms with Crippen LogP contribution in [0.1, 0.15) is 45.7 Å². The SMILES string of the molecule is Cc1[nH]c2c(c1C(=O)N(C)CCN(C)C)CCCC2=C1C(=O)Nc2ccc(F)cc21. The smallest absolute Gasteiger partial charge is 0.256 e. The zero-order valence-electron chi connectivity index (χ0n) is 17.9. The van der Waals surface area contributed by atoms with Crippen molar-refractivity contribution in [3.05, 3.63) is 52.1 Å². The highest BCUT2D eigenvalue weighted by molar-refractivity contribution is 6.36. The molecule has 0 saturated heterocycles. The molecule has 0 bridgehead atoms. The summed E-state index contributed by atoms with van der Waals surface area (Å²) in [7, 11) is 5.78. The Balaban J connectivity index is 1.78. The van der Waals surface area contributed by atoms with Crippen LogP contribution in [0.25, 0.3) is 11.1 Å². The first-order valence-corrected chi connectivity index (χ1v) is 10.2. The fourth-order valence-corrected chi connectivity index (χ4v) is 4.37. The van der Waals surface area contributed by atoms with Crippen molar-refractivity contribution in [2.24, 2.45) is 0 Å². The van der Waals surface area contributed by atoms with Gasteiger partial charge in [0.05, 0.1) is 11.1 Å². The van der Waals surface area contributed by atoms with E-state index >= 15 is 0 Å². The number of likely N-dealkylation sites (N-methyl/N-ethyl adjacent to an activating group) is 2. The molecule has 30 heavy (non-hydrogen) atoms. The van der Waals surface area contributed by atoms with Crippen molar-refractivity contribution in [1.29, 1.82) is 0 Å². The summed E-state index contributed by atoms with van der Waals surface area (Å²) in [6.07, 6.45) is 2.31. The Kier molecular flexibility index (Phi) is 5.24. The molecule has 1 aromatic carbocycles. The molecule has 0 saturated carbocycles. The normalized spacial score (nSPS) is 17.7. The Morgan fingerprint density at radius 1 is 1.17 bits per heavy atom. The Morgan fingerprint density at radius 2 is 1.93 bits per heavy atom. The number of aryl methyl sites for hydroxylation is 1. The van der Waals surface area contributed by atoms with E-state index in [1.165, 1.54) is 12.1 Å². The summed E-state index contributed by atoms with van der Waals surface area (Å²) < 4.78 is 13.9. The summed E-state index contributed by atoms with van der Waals surface area (Å²) in [5.41, 5.74) is 5.88. The van der Waals surface area contributed by atoms with E-state index in [1.807, 2.05) is 33.0 Å². The number of anilines is 1. The standard InChI is InChI=1S/C23H27FN4O2/c1-13-19(23(30)28(4)11-10-27(2)3)15-6-5-7-16(21(15)25-13)20-17-12-14(24)8-9-18(17)26-22(20)29/h8-9,12,25H,5-7,10-11H2,1-4H3,(H,26,29). The largest absolute Gasteiger partial charge is 0.358 e. The highest BCUT2D eigenvalue weighted by Gasteiger charge is 2.33. The number of halogens is 1. The van der Waals surface area contributed by atoms with Gasteiger partial charge in [-0.3, -0.25) is 9.59 Å². The molecular formula is C23H27FN4O2. The van der Waals surface area contributed by atoms with Gasteiger partial charge in [0.25, 0.3) is 11.8 Å². The Labute approximate surface area is 175 Å². The molecule has 7 heteroatoms. The van der Waals surface area contributed by atoms with E-state index < -0.39 is 0 Å². The second-order valence-electron chi connectivity index (χ2n) is 8.36. The summed E-state index contributed by atoms with van der Waals surface area (Å²) in [5, 5.41) is 2.84. The molecule has 6 nitrogen and oxygen atoms in total. The molecule has 2 amide bonds. The molecule has 1 aromatic heterocycles.